The lowest BCUT2D eigenvalue weighted by Gasteiger charge is -2.39. The number of nitrogens with zero attached hydrogens (tertiary/aromatic N) is 1. The molecule has 3 aliphatic rings. The zero-order chi connectivity index (χ0) is 18.6. The van der Waals surface area contributed by atoms with E-state index in [9.17, 15) is 21.6 Å². The molecule has 26 heavy (non-hydrogen) atoms. The van der Waals surface area contributed by atoms with Crippen molar-refractivity contribution in [2.75, 3.05) is 31.2 Å². The van der Waals surface area contributed by atoms with Crippen molar-refractivity contribution in [3.8, 4) is 0 Å². The predicted octanol–water partition coefficient (Wildman–Crippen LogP) is 1.24. The second kappa shape index (κ2) is 6.47. The summed E-state index contributed by atoms with van der Waals surface area (Å²) in [5.41, 5.74) is 5.94. The van der Waals surface area contributed by atoms with Gasteiger partial charge in [-0.3, -0.25) is 4.90 Å². The molecule has 5 atom stereocenters. The summed E-state index contributed by atoms with van der Waals surface area (Å²) in [6.07, 6.45) is -0.409. The lowest BCUT2D eigenvalue weighted by molar-refractivity contribution is -0.0482. The van der Waals surface area contributed by atoms with Crippen LogP contribution in [0.4, 0.5) is 13.2 Å². The molecule has 0 amide bonds. The number of fused-ring (bicyclic) bond motifs is 1. The third-order valence-corrected chi connectivity index (χ3v) is 7.66. The molecule has 0 spiro atoms. The standard InChI is InChI=1S/C17H21F3N2O3S/c18-11-1-13(16(20)14(19)2-11)17-15(21)3-12(6-25-17)22-4-9-7-26(23,24)8-10(9)5-22/h1-2,9-10,12,15,17H,3-8,21H2. The van der Waals surface area contributed by atoms with Gasteiger partial charge in [-0.05, 0) is 24.3 Å². The fourth-order valence-corrected chi connectivity index (χ4v) is 6.77. The number of halogens is 3. The van der Waals surface area contributed by atoms with Crippen molar-refractivity contribution in [1.29, 1.82) is 0 Å². The summed E-state index contributed by atoms with van der Waals surface area (Å²) in [6.45, 7) is 1.62. The quantitative estimate of drug-likeness (QED) is 0.770. The van der Waals surface area contributed by atoms with Crippen molar-refractivity contribution in [2.45, 2.75) is 24.6 Å². The minimum Gasteiger partial charge on any atom is -0.370 e. The smallest absolute Gasteiger partial charge is 0.164 e. The van der Waals surface area contributed by atoms with E-state index in [0.29, 0.717) is 25.6 Å². The molecule has 0 aromatic heterocycles. The number of hydrogen-bond donors (Lipinski definition) is 1. The first-order valence-corrected chi connectivity index (χ1v) is 10.5. The average molecular weight is 390 g/mol. The van der Waals surface area contributed by atoms with E-state index in [1.165, 1.54) is 0 Å². The van der Waals surface area contributed by atoms with Crippen LogP contribution in [0.3, 0.4) is 0 Å². The first-order chi connectivity index (χ1) is 12.2. The largest absolute Gasteiger partial charge is 0.370 e. The van der Waals surface area contributed by atoms with Crippen LogP contribution in [-0.2, 0) is 14.6 Å². The Morgan fingerprint density at radius 1 is 1.12 bits per heavy atom. The van der Waals surface area contributed by atoms with Crippen molar-refractivity contribution in [1.82, 2.24) is 4.90 Å². The van der Waals surface area contributed by atoms with Crippen molar-refractivity contribution in [2.24, 2.45) is 17.6 Å². The molecule has 1 aromatic carbocycles. The van der Waals surface area contributed by atoms with Crippen molar-refractivity contribution in [3.05, 3.63) is 35.1 Å². The Labute approximate surface area is 150 Å². The Morgan fingerprint density at radius 3 is 2.38 bits per heavy atom. The van der Waals surface area contributed by atoms with E-state index in [0.717, 1.165) is 6.07 Å². The van der Waals surface area contributed by atoms with E-state index in [1.54, 1.807) is 0 Å². The zero-order valence-electron chi connectivity index (χ0n) is 14.1. The normalized spacial score (nSPS) is 37.0. The SMILES string of the molecule is NC1CC(N2CC3CS(=O)(=O)CC3C2)COC1c1cc(F)cc(F)c1F. The Morgan fingerprint density at radius 2 is 1.77 bits per heavy atom. The van der Waals surface area contributed by atoms with Crippen LogP contribution in [0.5, 0.6) is 0 Å². The molecule has 5 nitrogen and oxygen atoms in total. The molecule has 2 N–H and O–H groups in total. The van der Waals surface area contributed by atoms with Crippen molar-refractivity contribution in [3.63, 3.8) is 0 Å². The molecule has 3 aliphatic heterocycles. The third kappa shape index (κ3) is 3.26. The average Bonchev–Trinajstić information content (AvgIpc) is 3.04. The fraction of sp³-hybridized carbons (Fsp3) is 0.647. The topological polar surface area (TPSA) is 72.6 Å². The summed E-state index contributed by atoms with van der Waals surface area (Å²) in [5, 5.41) is 0. The minimum atomic E-state index is -2.92. The molecule has 5 unspecified atom stereocenters. The highest BCUT2D eigenvalue weighted by molar-refractivity contribution is 7.91. The highest BCUT2D eigenvalue weighted by Gasteiger charge is 2.46. The Balaban J connectivity index is 1.44. The van der Waals surface area contributed by atoms with E-state index in [-0.39, 0.29) is 41.6 Å². The van der Waals surface area contributed by atoms with Crippen LogP contribution in [0.15, 0.2) is 12.1 Å². The lowest BCUT2D eigenvalue weighted by Crippen LogP contribution is -2.49. The van der Waals surface area contributed by atoms with Gasteiger partial charge < -0.3 is 10.5 Å². The maximum Gasteiger partial charge on any atom is 0.164 e. The molecule has 3 fully saturated rings. The summed E-state index contributed by atoms with van der Waals surface area (Å²) in [4.78, 5) is 2.18. The predicted molar refractivity (Wildman–Crippen MR) is 88.6 cm³/mol. The highest BCUT2D eigenvalue weighted by Crippen LogP contribution is 2.37. The summed E-state index contributed by atoms with van der Waals surface area (Å²) in [5.74, 6) is -2.52. The van der Waals surface area contributed by atoms with Crippen molar-refractivity contribution < 1.29 is 26.3 Å². The summed E-state index contributed by atoms with van der Waals surface area (Å²) in [6, 6.07) is 0.811. The van der Waals surface area contributed by atoms with Crippen molar-refractivity contribution >= 4 is 9.84 Å². The number of benzene rings is 1. The lowest BCUT2D eigenvalue weighted by atomic mass is 9.93. The Bertz CT molecular complexity index is 800. The van der Waals surface area contributed by atoms with Gasteiger partial charge in [-0.15, -0.1) is 0 Å². The molecule has 0 bridgehead atoms. The van der Waals surface area contributed by atoms with Gasteiger partial charge in [0.15, 0.2) is 21.5 Å². The van der Waals surface area contributed by atoms with Gasteiger partial charge in [0.25, 0.3) is 0 Å². The van der Waals surface area contributed by atoms with Gasteiger partial charge in [0.05, 0.1) is 18.1 Å². The van der Waals surface area contributed by atoms with Crippen LogP contribution < -0.4 is 5.73 Å². The summed E-state index contributed by atoms with van der Waals surface area (Å²) in [7, 11) is -2.92. The third-order valence-electron chi connectivity index (χ3n) is 5.79. The van der Waals surface area contributed by atoms with E-state index in [1.807, 2.05) is 0 Å². The molecular formula is C17H21F3N2O3S. The van der Waals surface area contributed by atoms with E-state index < -0.39 is 39.4 Å². The van der Waals surface area contributed by atoms with E-state index >= 15 is 0 Å². The number of hydrogen-bond acceptors (Lipinski definition) is 5. The van der Waals surface area contributed by atoms with Gasteiger partial charge in [0.2, 0.25) is 0 Å². The van der Waals surface area contributed by atoms with Gasteiger partial charge in [0, 0.05) is 36.8 Å². The number of sulfone groups is 1. The summed E-state index contributed by atoms with van der Waals surface area (Å²) >= 11 is 0. The Hall–Kier alpha value is -1.16. The molecule has 0 aliphatic carbocycles. The number of likely N-dealkylation sites (tertiary alicyclic amines) is 1. The van der Waals surface area contributed by atoms with Crippen LogP contribution in [-0.4, -0.2) is 56.6 Å². The van der Waals surface area contributed by atoms with Crippen LogP contribution in [0.2, 0.25) is 0 Å². The molecule has 9 heteroatoms. The number of rotatable bonds is 2. The minimum absolute atomic E-state index is 0.00368. The molecule has 3 heterocycles. The maximum atomic E-state index is 14.0. The van der Waals surface area contributed by atoms with Crippen LogP contribution >= 0.6 is 0 Å². The van der Waals surface area contributed by atoms with Gasteiger partial charge in [-0.25, -0.2) is 21.6 Å². The summed E-state index contributed by atoms with van der Waals surface area (Å²) < 4.78 is 70.0. The van der Waals surface area contributed by atoms with Gasteiger partial charge in [-0.1, -0.05) is 0 Å². The molecule has 144 valence electrons. The first-order valence-electron chi connectivity index (χ1n) is 8.69. The first kappa shape index (κ1) is 18.2. The highest BCUT2D eigenvalue weighted by atomic mass is 32.2. The van der Waals surface area contributed by atoms with Crippen LogP contribution in [0.25, 0.3) is 0 Å². The molecule has 0 saturated carbocycles. The molecule has 1 aromatic rings. The van der Waals surface area contributed by atoms with Gasteiger partial charge in [-0.2, -0.15) is 0 Å². The second-order valence-corrected chi connectivity index (χ2v) is 9.80. The van der Waals surface area contributed by atoms with Gasteiger partial charge in [0.1, 0.15) is 11.9 Å². The number of nitrogens with two attached hydrogens (primary N) is 1. The maximum absolute atomic E-state index is 14.0. The Kier molecular flexibility index (Phi) is 4.53. The fourth-order valence-electron chi connectivity index (χ4n) is 4.57. The van der Waals surface area contributed by atoms with Gasteiger partial charge >= 0.3 is 0 Å². The van der Waals surface area contributed by atoms with E-state index in [2.05, 4.69) is 4.90 Å². The van der Waals surface area contributed by atoms with Crippen LogP contribution in [0, 0.1) is 29.3 Å². The molecule has 3 saturated heterocycles. The number of ether oxygens (including phenoxy) is 1. The molecule has 4 rings (SSSR count). The molecule has 0 radical (unpaired) electrons. The second-order valence-electron chi connectivity index (χ2n) is 7.65. The van der Waals surface area contributed by atoms with Crippen LogP contribution in [0.1, 0.15) is 18.1 Å². The molecular weight excluding hydrogens is 369 g/mol. The van der Waals surface area contributed by atoms with E-state index in [4.69, 9.17) is 10.5 Å². The monoisotopic (exact) mass is 390 g/mol. The zero-order valence-corrected chi connectivity index (χ0v) is 14.9.